The molecule has 0 heterocycles. The first kappa shape index (κ1) is 16.0. The van der Waals surface area contributed by atoms with Gasteiger partial charge in [0.1, 0.15) is 0 Å². The number of benzene rings is 2. The minimum Gasteiger partial charge on any atom is -0.313 e. The molecule has 0 saturated carbocycles. The van der Waals surface area contributed by atoms with E-state index in [1.165, 1.54) is 5.56 Å². The van der Waals surface area contributed by atoms with E-state index in [1.807, 2.05) is 24.3 Å². The summed E-state index contributed by atoms with van der Waals surface area (Å²) in [5.41, 5.74) is 3.49. The molecular weight excluding hydrogens is 277 g/mol. The van der Waals surface area contributed by atoms with Crippen LogP contribution in [0.3, 0.4) is 0 Å². The maximum atomic E-state index is 6.35. The zero-order valence-electron chi connectivity index (χ0n) is 11.0. The van der Waals surface area contributed by atoms with Crippen molar-refractivity contribution in [3.63, 3.8) is 0 Å². The number of rotatable bonds is 5. The van der Waals surface area contributed by atoms with Gasteiger partial charge in [0, 0.05) is 17.1 Å². The SMILES string of the molecule is CCCNCc1ccc(-c2ccccc2)c(Cl)c1.Cl. The molecule has 0 bridgehead atoms. The molecule has 1 nitrogen and oxygen atoms in total. The molecule has 0 unspecified atom stereocenters. The average Bonchev–Trinajstić information content (AvgIpc) is 2.40. The van der Waals surface area contributed by atoms with Crippen LogP contribution in [-0.2, 0) is 6.54 Å². The molecule has 0 spiro atoms. The standard InChI is InChI=1S/C16H18ClN.ClH/c1-2-10-18-12-13-8-9-15(16(17)11-13)14-6-4-3-5-7-14;/h3-9,11,18H,2,10,12H2,1H3;1H. The van der Waals surface area contributed by atoms with Crippen molar-refractivity contribution in [2.45, 2.75) is 19.9 Å². The van der Waals surface area contributed by atoms with Gasteiger partial charge in [0.2, 0.25) is 0 Å². The molecule has 0 amide bonds. The largest absolute Gasteiger partial charge is 0.313 e. The maximum absolute atomic E-state index is 6.35. The number of halogens is 2. The molecule has 0 aliphatic carbocycles. The minimum atomic E-state index is 0. The van der Waals surface area contributed by atoms with E-state index in [0.29, 0.717) is 0 Å². The Hall–Kier alpha value is -1.02. The first-order valence-corrected chi connectivity index (χ1v) is 6.73. The number of hydrogen-bond acceptors (Lipinski definition) is 1. The Morgan fingerprint density at radius 1 is 1.05 bits per heavy atom. The molecule has 19 heavy (non-hydrogen) atoms. The fourth-order valence-corrected chi connectivity index (χ4v) is 2.24. The third kappa shape index (κ3) is 4.54. The van der Waals surface area contributed by atoms with Crippen LogP contribution >= 0.6 is 24.0 Å². The van der Waals surface area contributed by atoms with Crippen molar-refractivity contribution >= 4 is 24.0 Å². The Kier molecular flexibility index (Phi) is 6.93. The lowest BCUT2D eigenvalue weighted by Gasteiger charge is -2.08. The highest BCUT2D eigenvalue weighted by Crippen LogP contribution is 2.28. The molecule has 2 aromatic carbocycles. The maximum Gasteiger partial charge on any atom is 0.0487 e. The monoisotopic (exact) mass is 295 g/mol. The van der Waals surface area contributed by atoms with Crippen molar-refractivity contribution < 1.29 is 0 Å². The Bertz CT molecular complexity index is 497. The van der Waals surface area contributed by atoms with Gasteiger partial charge in [-0.1, -0.05) is 61.0 Å². The second kappa shape index (κ2) is 8.21. The summed E-state index contributed by atoms with van der Waals surface area (Å²) >= 11 is 6.35. The number of nitrogens with one attached hydrogen (secondary N) is 1. The van der Waals surface area contributed by atoms with Gasteiger partial charge in [-0.2, -0.15) is 0 Å². The second-order valence-electron chi connectivity index (χ2n) is 4.36. The zero-order valence-corrected chi connectivity index (χ0v) is 12.6. The van der Waals surface area contributed by atoms with Crippen LogP contribution in [0.2, 0.25) is 5.02 Å². The summed E-state index contributed by atoms with van der Waals surface area (Å²) in [6.07, 6.45) is 1.15. The molecule has 0 radical (unpaired) electrons. The van der Waals surface area contributed by atoms with Crippen LogP contribution in [0.1, 0.15) is 18.9 Å². The molecule has 0 aliphatic heterocycles. The van der Waals surface area contributed by atoms with Crippen LogP contribution in [0, 0.1) is 0 Å². The normalized spacial score (nSPS) is 10.0. The van der Waals surface area contributed by atoms with E-state index >= 15 is 0 Å². The van der Waals surface area contributed by atoms with E-state index in [4.69, 9.17) is 11.6 Å². The Labute approximate surface area is 126 Å². The van der Waals surface area contributed by atoms with E-state index in [1.54, 1.807) is 0 Å². The van der Waals surface area contributed by atoms with Crippen molar-refractivity contribution in [1.29, 1.82) is 0 Å². The van der Waals surface area contributed by atoms with E-state index < -0.39 is 0 Å². The van der Waals surface area contributed by atoms with Crippen LogP contribution in [0.5, 0.6) is 0 Å². The quantitative estimate of drug-likeness (QED) is 0.771. The number of hydrogen-bond donors (Lipinski definition) is 1. The summed E-state index contributed by atoms with van der Waals surface area (Å²) in [6, 6.07) is 16.5. The second-order valence-corrected chi connectivity index (χ2v) is 4.76. The third-order valence-electron chi connectivity index (χ3n) is 2.87. The third-order valence-corrected chi connectivity index (χ3v) is 3.19. The van der Waals surface area contributed by atoms with Gasteiger partial charge in [0.05, 0.1) is 0 Å². The smallest absolute Gasteiger partial charge is 0.0487 e. The molecule has 0 aliphatic rings. The lowest BCUT2D eigenvalue weighted by Crippen LogP contribution is -2.13. The highest BCUT2D eigenvalue weighted by molar-refractivity contribution is 6.33. The van der Waals surface area contributed by atoms with Gasteiger partial charge in [0.25, 0.3) is 0 Å². The van der Waals surface area contributed by atoms with Crippen molar-refractivity contribution in [3.8, 4) is 11.1 Å². The van der Waals surface area contributed by atoms with E-state index in [-0.39, 0.29) is 12.4 Å². The Morgan fingerprint density at radius 2 is 1.79 bits per heavy atom. The Morgan fingerprint density at radius 3 is 2.42 bits per heavy atom. The first-order chi connectivity index (χ1) is 8.81. The van der Waals surface area contributed by atoms with Crippen molar-refractivity contribution in [2.75, 3.05) is 6.54 Å². The van der Waals surface area contributed by atoms with Gasteiger partial charge in [-0.05, 0) is 30.2 Å². The molecule has 0 saturated heterocycles. The lowest BCUT2D eigenvalue weighted by atomic mass is 10.0. The molecule has 3 heteroatoms. The fourth-order valence-electron chi connectivity index (χ4n) is 1.93. The Balaban J connectivity index is 0.00000180. The van der Waals surface area contributed by atoms with Crippen molar-refractivity contribution in [3.05, 3.63) is 59.1 Å². The van der Waals surface area contributed by atoms with Crippen LogP contribution in [0.4, 0.5) is 0 Å². The van der Waals surface area contributed by atoms with Crippen LogP contribution < -0.4 is 5.32 Å². The molecule has 102 valence electrons. The van der Waals surface area contributed by atoms with Crippen LogP contribution in [0.15, 0.2) is 48.5 Å². The van der Waals surface area contributed by atoms with Gasteiger partial charge in [-0.3, -0.25) is 0 Å². The lowest BCUT2D eigenvalue weighted by molar-refractivity contribution is 0.675. The van der Waals surface area contributed by atoms with Crippen LogP contribution in [-0.4, -0.2) is 6.54 Å². The van der Waals surface area contributed by atoms with Gasteiger partial charge in [-0.25, -0.2) is 0 Å². The molecule has 0 atom stereocenters. The average molecular weight is 296 g/mol. The van der Waals surface area contributed by atoms with Gasteiger partial charge in [-0.15, -0.1) is 12.4 Å². The van der Waals surface area contributed by atoms with Gasteiger partial charge >= 0.3 is 0 Å². The highest BCUT2D eigenvalue weighted by atomic mass is 35.5. The first-order valence-electron chi connectivity index (χ1n) is 6.36. The molecule has 0 fully saturated rings. The molecule has 2 aromatic rings. The van der Waals surface area contributed by atoms with Crippen molar-refractivity contribution in [1.82, 2.24) is 5.32 Å². The zero-order chi connectivity index (χ0) is 12.8. The summed E-state index contributed by atoms with van der Waals surface area (Å²) in [5, 5.41) is 4.20. The van der Waals surface area contributed by atoms with E-state index in [9.17, 15) is 0 Å². The summed E-state index contributed by atoms with van der Waals surface area (Å²) in [6.45, 7) is 4.08. The van der Waals surface area contributed by atoms with E-state index in [2.05, 4.69) is 36.5 Å². The fraction of sp³-hybridized carbons (Fsp3) is 0.250. The summed E-state index contributed by atoms with van der Waals surface area (Å²) < 4.78 is 0. The van der Waals surface area contributed by atoms with Gasteiger partial charge < -0.3 is 5.32 Å². The molecule has 2 rings (SSSR count). The molecular formula is C16H19Cl2N. The highest BCUT2D eigenvalue weighted by Gasteiger charge is 2.03. The summed E-state index contributed by atoms with van der Waals surface area (Å²) in [5.74, 6) is 0. The summed E-state index contributed by atoms with van der Waals surface area (Å²) in [7, 11) is 0. The van der Waals surface area contributed by atoms with Crippen LogP contribution in [0.25, 0.3) is 11.1 Å². The van der Waals surface area contributed by atoms with Gasteiger partial charge in [0.15, 0.2) is 0 Å². The predicted octanol–water partition coefficient (Wildman–Crippen LogP) is 4.93. The summed E-state index contributed by atoms with van der Waals surface area (Å²) in [4.78, 5) is 0. The predicted molar refractivity (Wildman–Crippen MR) is 86.1 cm³/mol. The van der Waals surface area contributed by atoms with E-state index in [0.717, 1.165) is 35.7 Å². The molecule has 1 N–H and O–H groups in total. The molecule has 0 aromatic heterocycles. The topological polar surface area (TPSA) is 12.0 Å². The van der Waals surface area contributed by atoms with Crippen molar-refractivity contribution in [2.24, 2.45) is 0 Å². The minimum absolute atomic E-state index is 0.